The molecule has 2 aromatic rings. The molecular formula is C18H24F3IN6O2S. The Kier molecular flexibility index (Phi) is 8.71. The molecule has 0 saturated carbocycles. The van der Waals surface area contributed by atoms with Crippen molar-refractivity contribution in [3.05, 3.63) is 48.5 Å². The summed E-state index contributed by atoms with van der Waals surface area (Å²) in [5, 5.41) is 6.35. The molecule has 2 heterocycles. The number of piperidine rings is 1. The zero-order valence-electron chi connectivity index (χ0n) is 16.7. The number of alkyl halides is 3. The number of guanidine groups is 1. The minimum absolute atomic E-state index is 0. The molecule has 0 aliphatic carbocycles. The number of sulfonamides is 1. The SMILES string of the molecule is CN=C(NCc1ccccc1-n1ccnc1)NC1CCN(S(=O)(=O)C(F)(F)F)CC1.I. The Balaban J connectivity index is 0.00000341. The predicted molar refractivity (Wildman–Crippen MR) is 122 cm³/mol. The average Bonchev–Trinajstić information content (AvgIpc) is 3.25. The fourth-order valence-electron chi connectivity index (χ4n) is 3.27. The first-order valence-corrected chi connectivity index (χ1v) is 10.8. The van der Waals surface area contributed by atoms with Crippen LogP contribution < -0.4 is 10.6 Å². The number of nitrogens with one attached hydrogen (secondary N) is 2. The van der Waals surface area contributed by atoms with Gasteiger partial charge in [-0.25, -0.2) is 13.4 Å². The molecule has 0 bridgehead atoms. The minimum atomic E-state index is -5.28. The lowest BCUT2D eigenvalue weighted by Crippen LogP contribution is -2.51. The molecule has 0 amide bonds. The lowest BCUT2D eigenvalue weighted by molar-refractivity contribution is -0.0494. The van der Waals surface area contributed by atoms with Gasteiger partial charge in [-0.3, -0.25) is 4.99 Å². The van der Waals surface area contributed by atoms with Gasteiger partial charge >= 0.3 is 15.5 Å². The maximum atomic E-state index is 12.7. The standard InChI is InChI=1S/C18H23F3N6O2S.HI/c1-22-17(24-12-14-4-2-3-5-16(14)26-11-8-23-13-26)25-15-6-9-27(10-7-15)30(28,29)18(19,20)21;/h2-5,8,11,13,15H,6-7,9-10,12H2,1H3,(H2,22,24,25);1H. The largest absolute Gasteiger partial charge is 0.511 e. The van der Waals surface area contributed by atoms with Crippen LogP contribution in [-0.4, -0.2) is 59.9 Å². The van der Waals surface area contributed by atoms with Crippen molar-refractivity contribution in [1.29, 1.82) is 0 Å². The smallest absolute Gasteiger partial charge is 0.354 e. The number of para-hydroxylation sites is 1. The summed E-state index contributed by atoms with van der Waals surface area (Å²) in [5.74, 6) is 0.493. The molecule has 3 rings (SSSR count). The van der Waals surface area contributed by atoms with Crippen LogP contribution in [0.3, 0.4) is 0 Å². The highest BCUT2D eigenvalue weighted by molar-refractivity contribution is 14.0. The molecule has 8 nitrogen and oxygen atoms in total. The molecule has 0 atom stereocenters. The summed E-state index contributed by atoms with van der Waals surface area (Å²) in [6.45, 7) is 0.0786. The van der Waals surface area contributed by atoms with Crippen molar-refractivity contribution in [3.8, 4) is 5.69 Å². The van der Waals surface area contributed by atoms with Crippen LogP contribution >= 0.6 is 24.0 Å². The van der Waals surface area contributed by atoms with Crippen molar-refractivity contribution >= 4 is 40.0 Å². The van der Waals surface area contributed by atoms with Crippen molar-refractivity contribution in [3.63, 3.8) is 0 Å². The zero-order chi connectivity index (χ0) is 21.8. The van der Waals surface area contributed by atoms with E-state index in [1.165, 1.54) is 0 Å². The number of rotatable bonds is 5. The van der Waals surface area contributed by atoms with Gasteiger partial charge in [0.25, 0.3) is 0 Å². The van der Waals surface area contributed by atoms with E-state index in [1.54, 1.807) is 19.6 Å². The Hall–Kier alpha value is -1.87. The van der Waals surface area contributed by atoms with Crippen molar-refractivity contribution in [2.75, 3.05) is 20.1 Å². The summed E-state index contributed by atoms with van der Waals surface area (Å²) in [4.78, 5) is 8.22. The van der Waals surface area contributed by atoms with Gasteiger partial charge in [-0.2, -0.15) is 17.5 Å². The van der Waals surface area contributed by atoms with Crippen LogP contribution in [0, 0.1) is 0 Å². The Morgan fingerprint density at radius 1 is 1.26 bits per heavy atom. The lowest BCUT2D eigenvalue weighted by atomic mass is 10.1. The van der Waals surface area contributed by atoms with Gasteiger partial charge in [0.15, 0.2) is 5.96 Å². The summed E-state index contributed by atoms with van der Waals surface area (Å²) in [7, 11) is -3.68. The van der Waals surface area contributed by atoms with E-state index in [-0.39, 0.29) is 55.9 Å². The third-order valence-corrected chi connectivity index (χ3v) is 6.50. The molecule has 2 N–H and O–H groups in total. The number of aromatic nitrogens is 2. The van der Waals surface area contributed by atoms with Gasteiger partial charge in [-0.1, -0.05) is 18.2 Å². The maximum absolute atomic E-state index is 12.7. The first-order chi connectivity index (χ1) is 14.2. The summed E-state index contributed by atoms with van der Waals surface area (Å²) < 4.78 is 63.5. The highest BCUT2D eigenvalue weighted by Gasteiger charge is 2.50. The first-order valence-electron chi connectivity index (χ1n) is 9.32. The van der Waals surface area contributed by atoms with E-state index < -0.39 is 15.5 Å². The first kappa shape index (κ1) is 25.4. The van der Waals surface area contributed by atoms with Crippen LogP contribution in [0.2, 0.25) is 0 Å². The second-order valence-corrected chi connectivity index (χ2v) is 8.72. The van der Waals surface area contributed by atoms with E-state index >= 15 is 0 Å². The highest BCUT2D eigenvalue weighted by atomic mass is 127. The molecule has 0 spiro atoms. The number of hydrogen-bond donors (Lipinski definition) is 2. The van der Waals surface area contributed by atoms with E-state index in [0.717, 1.165) is 11.3 Å². The van der Waals surface area contributed by atoms with E-state index in [1.807, 2.05) is 35.0 Å². The van der Waals surface area contributed by atoms with E-state index in [9.17, 15) is 21.6 Å². The molecule has 1 aromatic carbocycles. The molecule has 0 unspecified atom stereocenters. The van der Waals surface area contributed by atoms with Gasteiger partial charge in [0.1, 0.15) is 0 Å². The predicted octanol–water partition coefficient (Wildman–Crippen LogP) is 2.47. The van der Waals surface area contributed by atoms with Crippen LogP contribution in [0.1, 0.15) is 18.4 Å². The Bertz CT molecular complexity index is 974. The molecule has 1 aliphatic rings. The van der Waals surface area contributed by atoms with Crippen molar-refractivity contribution in [2.24, 2.45) is 4.99 Å². The Morgan fingerprint density at radius 2 is 1.94 bits per heavy atom. The van der Waals surface area contributed by atoms with E-state index in [0.29, 0.717) is 16.8 Å². The molecule has 1 aromatic heterocycles. The minimum Gasteiger partial charge on any atom is -0.354 e. The van der Waals surface area contributed by atoms with Gasteiger partial charge in [0, 0.05) is 45.1 Å². The van der Waals surface area contributed by atoms with Gasteiger partial charge in [-0.15, -0.1) is 24.0 Å². The molecule has 1 saturated heterocycles. The topological polar surface area (TPSA) is 91.6 Å². The molecule has 0 radical (unpaired) electrons. The van der Waals surface area contributed by atoms with E-state index in [4.69, 9.17) is 0 Å². The summed E-state index contributed by atoms with van der Waals surface area (Å²) in [6, 6.07) is 7.60. The quantitative estimate of drug-likeness (QED) is 0.327. The number of nitrogens with zero attached hydrogens (tertiary/aromatic N) is 4. The van der Waals surface area contributed by atoms with Crippen LogP contribution in [-0.2, 0) is 16.6 Å². The molecule has 13 heteroatoms. The Morgan fingerprint density at radius 3 is 2.52 bits per heavy atom. The second-order valence-electron chi connectivity index (χ2n) is 6.79. The molecule has 1 fully saturated rings. The number of halogens is 4. The fourth-order valence-corrected chi connectivity index (χ4v) is 4.25. The monoisotopic (exact) mass is 572 g/mol. The van der Waals surface area contributed by atoms with Crippen molar-refractivity contribution < 1.29 is 21.6 Å². The third-order valence-electron chi connectivity index (χ3n) is 4.87. The fraction of sp³-hybridized carbons (Fsp3) is 0.444. The molecule has 172 valence electrons. The lowest BCUT2D eigenvalue weighted by Gasteiger charge is -2.32. The van der Waals surface area contributed by atoms with Crippen LogP contribution in [0.5, 0.6) is 0 Å². The highest BCUT2D eigenvalue weighted by Crippen LogP contribution is 2.28. The molecule has 31 heavy (non-hydrogen) atoms. The molecule has 1 aliphatic heterocycles. The maximum Gasteiger partial charge on any atom is 0.511 e. The summed E-state index contributed by atoms with van der Waals surface area (Å²) >= 11 is 0. The number of aliphatic imine (C=N–C) groups is 1. The average molecular weight is 572 g/mol. The Labute approximate surface area is 196 Å². The summed E-state index contributed by atoms with van der Waals surface area (Å²) in [6.07, 6.45) is 5.74. The van der Waals surface area contributed by atoms with Gasteiger partial charge in [-0.05, 0) is 24.5 Å². The number of benzene rings is 1. The van der Waals surface area contributed by atoms with E-state index in [2.05, 4.69) is 20.6 Å². The van der Waals surface area contributed by atoms with Gasteiger partial charge in [0.2, 0.25) is 0 Å². The van der Waals surface area contributed by atoms with Crippen molar-refractivity contribution in [2.45, 2.75) is 30.9 Å². The second kappa shape index (κ2) is 10.6. The van der Waals surface area contributed by atoms with Crippen LogP contribution in [0.25, 0.3) is 5.69 Å². The molecular weight excluding hydrogens is 548 g/mol. The van der Waals surface area contributed by atoms with Gasteiger partial charge < -0.3 is 15.2 Å². The third kappa shape index (κ3) is 6.10. The zero-order valence-corrected chi connectivity index (χ0v) is 19.9. The van der Waals surface area contributed by atoms with Crippen LogP contribution in [0.15, 0.2) is 48.0 Å². The normalized spacial score (nSPS) is 16.6. The van der Waals surface area contributed by atoms with Gasteiger partial charge in [0.05, 0.1) is 12.0 Å². The van der Waals surface area contributed by atoms with Crippen molar-refractivity contribution in [1.82, 2.24) is 24.5 Å². The van der Waals surface area contributed by atoms with Crippen LogP contribution in [0.4, 0.5) is 13.2 Å². The summed E-state index contributed by atoms with van der Waals surface area (Å²) in [5.41, 5.74) is -3.30. The number of hydrogen-bond acceptors (Lipinski definition) is 4. The number of imidazole rings is 1.